The first kappa shape index (κ1) is 15.3. The molecule has 0 aromatic heterocycles. The third kappa shape index (κ3) is 3.50. The van der Waals surface area contributed by atoms with E-state index in [0.29, 0.717) is 4.99 Å². The number of rotatable bonds is 4. The van der Waals surface area contributed by atoms with Gasteiger partial charge in [0.05, 0.1) is 7.11 Å². The predicted octanol–water partition coefficient (Wildman–Crippen LogP) is 4.60. The molecule has 0 atom stereocenters. The predicted molar refractivity (Wildman–Crippen MR) is 94.0 cm³/mol. The lowest BCUT2D eigenvalue weighted by molar-refractivity contribution is 0.415. The number of benzene rings is 2. The Morgan fingerprint density at radius 3 is 2.65 bits per heavy atom. The summed E-state index contributed by atoms with van der Waals surface area (Å²) in [5, 5.41) is 3.30. The van der Waals surface area contributed by atoms with E-state index in [2.05, 4.69) is 37.2 Å². The van der Waals surface area contributed by atoms with Gasteiger partial charge in [0.2, 0.25) is 0 Å². The van der Waals surface area contributed by atoms with Crippen LogP contribution in [0.5, 0.6) is 5.75 Å². The third-order valence-electron chi connectivity index (χ3n) is 2.65. The molecular formula is C14H12Br2N2OS. The smallest absolute Gasteiger partial charge is 0.122 e. The summed E-state index contributed by atoms with van der Waals surface area (Å²) >= 11 is 12.0. The van der Waals surface area contributed by atoms with Crippen molar-refractivity contribution in [2.75, 3.05) is 12.4 Å². The van der Waals surface area contributed by atoms with Crippen molar-refractivity contribution in [1.29, 1.82) is 0 Å². The second-order valence-electron chi connectivity index (χ2n) is 4.03. The fourth-order valence-electron chi connectivity index (χ4n) is 1.79. The molecule has 0 amide bonds. The molecule has 0 aliphatic rings. The Balaban J connectivity index is 2.42. The van der Waals surface area contributed by atoms with Gasteiger partial charge in [-0.05, 0) is 40.2 Å². The molecule has 104 valence electrons. The van der Waals surface area contributed by atoms with E-state index in [1.165, 1.54) is 0 Å². The topological polar surface area (TPSA) is 47.3 Å². The van der Waals surface area contributed by atoms with Gasteiger partial charge in [-0.25, -0.2) is 0 Å². The average Bonchev–Trinajstić information content (AvgIpc) is 2.37. The first-order valence-corrected chi connectivity index (χ1v) is 7.70. The number of anilines is 2. The number of hydrogen-bond acceptors (Lipinski definition) is 3. The van der Waals surface area contributed by atoms with E-state index in [4.69, 9.17) is 22.7 Å². The maximum Gasteiger partial charge on any atom is 0.122 e. The lowest BCUT2D eigenvalue weighted by Crippen LogP contribution is -2.12. The molecule has 0 heterocycles. The van der Waals surface area contributed by atoms with Gasteiger partial charge in [0.1, 0.15) is 10.7 Å². The molecule has 2 aromatic rings. The fraction of sp³-hybridized carbons (Fsp3) is 0.0714. The first-order chi connectivity index (χ1) is 9.51. The molecule has 0 radical (unpaired) electrons. The van der Waals surface area contributed by atoms with Crippen LogP contribution >= 0.6 is 44.1 Å². The number of thiocarbonyl (C=S) groups is 1. The van der Waals surface area contributed by atoms with Crippen LogP contribution in [-0.4, -0.2) is 12.1 Å². The van der Waals surface area contributed by atoms with Gasteiger partial charge in [-0.15, -0.1) is 0 Å². The molecule has 0 saturated heterocycles. The number of methoxy groups -OCH3 is 1. The molecule has 0 bridgehead atoms. The zero-order valence-electron chi connectivity index (χ0n) is 10.6. The third-order valence-corrected chi connectivity index (χ3v) is 3.97. The minimum Gasteiger partial charge on any atom is -0.497 e. The highest BCUT2D eigenvalue weighted by molar-refractivity contribution is 9.10. The minimum absolute atomic E-state index is 0.335. The highest BCUT2D eigenvalue weighted by Gasteiger charge is 2.10. The lowest BCUT2D eigenvalue weighted by Gasteiger charge is -2.14. The van der Waals surface area contributed by atoms with E-state index in [1.807, 2.05) is 36.4 Å². The molecule has 0 fully saturated rings. The van der Waals surface area contributed by atoms with Gasteiger partial charge in [-0.1, -0.05) is 34.2 Å². The molecule has 2 rings (SSSR count). The summed E-state index contributed by atoms with van der Waals surface area (Å²) in [6.45, 7) is 0. The Labute approximate surface area is 139 Å². The maximum absolute atomic E-state index is 5.78. The summed E-state index contributed by atoms with van der Waals surface area (Å²) in [7, 11) is 1.63. The Morgan fingerprint density at radius 2 is 2.00 bits per heavy atom. The summed E-state index contributed by atoms with van der Waals surface area (Å²) in [4.78, 5) is 0.335. The number of hydrogen-bond donors (Lipinski definition) is 2. The second-order valence-corrected chi connectivity index (χ2v) is 6.24. The zero-order chi connectivity index (χ0) is 14.7. The van der Waals surface area contributed by atoms with Crippen molar-refractivity contribution >= 4 is 60.4 Å². The van der Waals surface area contributed by atoms with Crippen LogP contribution in [0.3, 0.4) is 0 Å². The van der Waals surface area contributed by atoms with Crippen molar-refractivity contribution in [2.24, 2.45) is 5.73 Å². The molecule has 0 spiro atoms. The minimum atomic E-state index is 0.335. The summed E-state index contributed by atoms with van der Waals surface area (Å²) in [6, 6.07) is 11.5. The van der Waals surface area contributed by atoms with E-state index in [-0.39, 0.29) is 0 Å². The number of ether oxygens (including phenoxy) is 1. The highest BCUT2D eigenvalue weighted by atomic mass is 79.9. The van der Waals surface area contributed by atoms with E-state index in [9.17, 15) is 0 Å². The highest BCUT2D eigenvalue weighted by Crippen LogP contribution is 2.30. The average molecular weight is 416 g/mol. The first-order valence-electron chi connectivity index (χ1n) is 5.71. The fourth-order valence-corrected chi connectivity index (χ4v) is 3.19. The number of halogens is 2. The Kier molecular flexibility index (Phi) is 5.01. The van der Waals surface area contributed by atoms with Crippen LogP contribution in [0.25, 0.3) is 0 Å². The van der Waals surface area contributed by atoms with Crippen molar-refractivity contribution in [3.05, 3.63) is 50.9 Å². The number of nitrogens with one attached hydrogen (secondary N) is 1. The zero-order valence-corrected chi connectivity index (χ0v) is 14.6. The van der Waals surface area contributed by atoms with Crippen LogP contribution in [-0.2, 0) is 0 Å². The van der Waals surface area contributed by atoms with E-state index in [1.54, 1.807) is 7.11 Å². The Hall–Kier alpha value is -1.11. The van der Waals surface area contributed by atoms with Crippen molar-refractivity contribution < 1.29 is 4.74 Å². The molecule has 3 N–H and O–H groups in total. The van der Waals surface area contributed by atoms with Gasteiger partial charge in [0.25, 0.3) is 0 Å². The van der Waals surface area contributed by atoms with E-state index < -0.39 is 0 Å². The normalized spacial score (nSPS) is 10.2. The Bertz CT molecular complexity index is 662. The SMILES string of the molecule is COc1cc(Br)cc(Nc2cccc(Br)c2C(N)=S)c1. The monoisotopic (exact) mass is 414 g/mol. The molecule has 0 saturated carbocycles. The quantitative estimate of drug-likeness (QED) is 0.716. The summed E-state index contributed by atoms with van der Waals surface area (Å²) in [6.07, 6.45) is 0. The Morgan fingerprint density at radius 1 is 1.25 bits per heavy atom. The molecule has 6 heteroatoms. The van der Waals surface area contributed by atoms with Crippen LogP contribution < -0.4 is 15.8 Å². The second kappa shape index (κ2) is 6.56. The van der Waals surface area contributed by atoms with Crippen LogP contribution in [0.15, 0.2) is 45.3 Å². The largest absolute Gasteiger partial charge is 0.497 e. The van der Waals surface area contributed by atoms with E-state index >= 15 is 0 Å². The van der Waals surface area contributed by atoms with Gasteiger partial charge in [-0.3, -0.25) is 0 Å². The maximum atomic E-state index is 5.78. The number of nitrogens with two attached hydrogens (primary N) is 1. The van der Waals surface area contributed by atoms with Gasteiger partial charge >= 0.3 is 0 Å². The van der Waals surface area contributed by atoms with Gasteiger partial charge in [0, 0.05) is 32.0 Å². The van der Waals surface area contributed by atoms with Crippen LogP contribution in [0.1, 0.15) is 5.56 Å². The van der Waals surface area contributed by atoms with Crippen molar-refractivity contribution in [1.82, 2.24) is 0 Å². The van der Waals surface area contributed by atoms with Crippen LogP contribution in [0, 0.1) is 0 Å². The summed E-state index contributed by atoms with van der Waals surface area (Å²) < 4.78 is 7.03. The lowest BCUT2D eigenvalue weighted by atomic mass is 10.1. The van der Waals surface area contributed by atoms with Crippen LogP contribution in [0.4, 0.5) is 11.4 Å². The van der Waals surface area contributed by atoms with Gasteiger partial charge in [-0.2, -0.15) is 0 Å². The molecular weight excluding hydrogens is 404 g/mol. The van der Waals surface area contributed by atoms with E-state index in [0.717, 1.165) is 31.6 Å². The molecule has 3 nitrogen and oxygen atoms in total. The van der Waals surface area contributed by atoms with Gasteiger partial charge < -0.3 is 15.8 Å². The molecule has 0 aliphatic heterocycles. The molecule has 0 unspecified atom stereocenters. The standard InChI is InChI=1S/C14H12Br2N2OS/c1-19-10-6-8(15)5-9(7-10)18-12-4-2-3-11(16)13(12)14(17)20/h2-7,18H,1H3,(H2,17,20). The van der Waals surface area contributed by atoms with Gasteiger partial charge in [0.15, 0.2) is 0 Å². The van der Waals surface area contributed by atoms with Crippen molar-refractivity contribution in [3.63, 3.8) is 0 Å². The van der Waals surface area contributed by atoms with Crippen molar-refractivity contribution in [2.45, 2.75) is 0 Å². The van der Waals surface area contributed by atoms with Crippen molar-refractivity contribution in [3.8, 4) is 5.75 Å². The van der Waals surface area contributed by atoms with Crippen LogP contribution in [0.2, 0.25) is 0 Å². The summed E-state index contributed by atoms with van der Waals surface area (Å²) in [5.41, 5.74) is 8.28. The molecule has 0 aliphatic carbocycles. The molecule has 20 heavy (non-hydrogen) atoms. The summed E-state index contributed by atoms with van der Waals surface area (Å²) in [5.74, 6) is 0.758. The molecule has 2 aromatic carbocycles.